The van der Waals surface area contributed by atoms with Gasteiger partial charge in [0.05, 0.1) is 11.9 Å². The van der Waals surface area contributed by atoms with E-state index in [2.05, 4.69) is 5.32 Å². The molecule has 1 aromatic rings. The molecule has 0 fully saturated rings. The Morgan fingerprint density at radius 3 is 2.50 bits per heavy atom. The van der Waals surface area contributed by atoms with Gasteiger partial charge in [-0.25, -0.2) is 8.42 Å². The summed E-state index contributed by atoms with van der Waals surface area (Å²) in [5, 5.41) is 2.95. The van der Waals surface area contributed by atoms with Gasteiger partial charge in [-0.1, -0.05) is 6.07 Å². The summed E-state index contributed by atoms with van der Waals surface area (Å²) < 4.78 is 23.7. The lowest BCUT2D eigenvalue weighted by Gasteiger charge is -2.17. The van der Waals surface area contributed by atoms with Gasteiger partial charge in [-0.05, 0) is 18.2 Å². The molecule has 0 unspecified atom stereocenters. The molecule has 0 bridgehead atoms. The van der Waals surface area contributed by atoms with E-state index in [0.29, 0.717) is 5.69 Å². The van der Waals surface area contributed by atoms with Crippen LogP contribution < -0.4 is 9.62 Å². The molecule has 1 rings (SSSR count). The molecule has 4 nitrogen and oxygen atoms in total. The van der Waals surface area contributed by atoms with Crippen LogP contribution >= 0.6 is 0 Å². The summed E-state index contributed by atoms with van der Waals surface area (Å²) in [6.45, 7) is 0. The molecule has 0 spiro atoms. The van der Waals surface area contributed by atoms with Crippen LogP contribution in [0.1, 0.15) is 0 Å². The van der Waals surface area contributed by atoms with E-state index in [1.54, 1.807) is 19.2 Å². The maximum Gasteiger partial charge on any atom is 0.231 e. The summed E-state index contributed by atoms with van der Waals surface area (Å²) in [4.78, 5) is 0. The molecule has 0 aromatic heterocycles. The van der Waals surface area contributed by atoms with Gasteiger partial charge in [0.25, 0.3) is 0 Å². The summed E-state index contributed by atoms with van der Waals surface area (Å²) in [7, 11) is 0.148. The van der Waals surface area contributed by atoms with Crippen LogP contribution in [0, 0.1) is 0 Å². The van der Waals surface area contributed by atoms with Crippen molar-refractivity contribution in [1.82, 2.24) is 0 Å². The normalized spacial score (nSPS) is 11.1. The molecule has 1 N–H and O–H groups in total. The van der Waals surface area contributed by atoms with Crippen LogP contribution in [0.3, 0.4) is 0 Å². The second-order valence-corrected chi connectivity index (χ2v) is 5.04. The number of sulfonamides is 1. The summed E-state index contributed by atoms with van der Waals surface area (Å²) >= 11 is 0. The predicted molar refractivity (Wildman–Crippen MR) is 59.2 cm³/mol. The lowest BCUT2D eigenvalue weighted by Crippen LogP contribution is -2.24. The van der Waals surface area contributed by atoms with Crippen LogP contribution in [-0.2, 0) is 10.0 Å². The molecular weight excluding hydrogens is 200 g/mol. The second-order valence-electron chi connectivity index (χ2n) is 3.03. The zero-order valence-electron chi connectivity index (χ0n) is 8.48. The van der Waals surface area contributed by atoms with Crippen LogP contribution in [0.2, 0.25) is 0 Å². The van der Waals surface area contributed by atoms with E-state index in [1.165, 1.54) is 17.6 Å². The summed E-state index contributed by atoms with van der Waals surface area (Å²) in [6, 6.07) is 7.21. The van der Waals surface area contributed by atoms with Gasteiger partial charge in [0.1, 0.15) is 0 Å². The second kappa shape index (κ2) is 3.88. The average Bonchev–Trinajstić information content (AvgIpc) is 2.15. The Balaban J connectivity index is 3.08. The van der Waals surface area contributed by atoms with E-state index in [0.717, 1.165) is 5.69 Å². The Morgan fingerprint density at radius 1 is 1.36 bits per heavy atom. The third kappa shape index (κ3) is 2.38. The molecule has 0 saturated heterocycles. The van der Waals surface area contributed by atoms with Crippen molar-refractivity contribution in [3.63, 3.8) is 0 Å². The first-order valence-corrected chi connectivity index (χ1v) is 6.01. The van der Waals surface area contributed by atoms with Gasteiger partial charge in [0.2, 0.25) is 10.0 Å². The number of benzene rings is 1. The first kappa shape index (κ1) is 10.8. The smallest absolute Gasteiger partial charge is 0.231 e. The zero-order chi connectivity index (χ0) is 10.8. The molecule has 0 heterocycles. The highest BCUT2D eigenvalue weighted by molar-refractivity contribution is 7.92. The van der Waals surface area contributed by atoms with Crippen molar-refractivity contribution in [1.29, 1.82) is 0 Å². The van der Waals surface area contributed by atoms with Crippen molar-refractivity contribution in [3.8, 4) is 0 Å². The molecule has 5 heteroatoms. The van der Waals surface area contributed by atoms with E-state index in [1.807, 2.05) is 12.1 Å². The minimum atomic E-state index is -3.18. The van der Waals surface area contributed by atoms with Gasteiger partial charge >= 0.3 is 0 Å². The van der Waals surface area contributed by atoms with E-state index in [-0.39, 0.29) is 0 Å². The number of nitrogens with zero attached hydrogens (tertiary/aromatic N) is 1. The van der Waals surface area contributed by atoms with Gasteiger partial charge in [0, 0.05) is 19.8 Å². The fourth-order valence-electron chi connectivity index (χ4n) is 1.05. The van der Waals surface area contributed by atoms with Crippen LogP contribution in [0.4, 0.5) is 11.4 Å². The molecule has 0 aliphatic rings. The lowest BCUT2D eigenvalue weighted by molar-refractivity contribution is 0.600. The quantitative estimate of drug-likeness (QED) is 0.820. The fourth-order valence-corrected chi connectivity index (χ4v) is 1.55. The van der Waals surface area contributed by atoms with Crippen LogP contribution in [0.25, 0.3) is 0 Å². The molecular formula is C9H14N2O2S. The molecule has 0 atom stereocenters. The standard InChI is InChI=1S/C9H14N2O2S/c1-10-8-5-4-6-9(7-8)11(2)14(3,12)13/h4-7,10H,1-3H3. The Hall–Kier alpha value is -1.23. The Kier molecular flexibility index (Phi) is 3.00. The molecule has 0 radical (unpaired) electrons. The first-order chi connectivity index (χ1) is 6.45. The third-order valence-corrected chi connectivity index (χ3v) is 3.20. The van der Waals surface area contributed by atoms with Crippen molar-refractivity contribution < 1.29 is 8.42 Å². The monoisotopic (exact) mass is 214 g/mol. The topological polar surface area (TPSA) is 49.4 Å². The Bertz CT molecular complexity index is 415. The van der Waals surface area contributed by atoms with Gasteiger partial charge in [-0.2, -0.15) is 0 Å². The average molecular weight is 214 g/mol. The number of hydrogen-bond donors (Lipinski definition) is 1. The van der Waals surface area contributed by atoms with Crippen LogP contribution in [0.5, 0.6) is 0 Å². The van der Waals surface area contributed by atoms with Gasteiger partial charge in [0.15, 0.2) is 0 Å². The summed E-state index contributed by atoms with van der Waals surface area (Å²) in [5.74, 6) is 0. The van der Waals surface area contributed by atoms with Gasteiger partial charge < -0.3 is 5.32 Å². The zero-order valence-corrected chi connectivity index (χ0v) is 9.30. The minimum absolute atomic E-state index is 0.652. The minimum Gasteiger partial charge on any atom is -0.388 e. The van der Waals surface area contributed by atoms with Crippen molar-refractivity contribution >= 4 is 21.4 Å². The Labute approximate surface area is 84.6 Å². The number of anilines is 2. The molecule has 0 amide bonds. The maximum atomic E-state index is 11.2. The highest BCUT2D eigenvalue weighted by Gasteiger charge is 2.11. The molecule has 14 heavy (non-hydrogen) atoms. The van der Waals surface area contributed by atoms with Crippen molar-refractivity contribution in [3.05, 3.63) is 24.3 Å². The number of rotatable bonds is 3. The van der Waals surface area contributed by atoms with Gasteiger partial charge in [-0.3, -0.25) is 4.31 Å². The maximum absolute atomic E-state index is 11.2. The van der Waals surface area contributed by atoms with E-state index >= 15 is 0 Å². The number of nitrogens with one attached hydrogen (secondary N) is 1. The largest absolute Gasteiger partial charge is 0.388 e. The molecule has 0 aliphatic heterocycles. The number of hydrogen-bond acceptors (Lipinski definition) is 3. The summed E-state index contributed by atoms with van der Waals surface area (Å²) in [5.41, 5.74) is 1.54. The van der Waals surface area contributed by atoms with Gasteiger partial charge in [-0.15, -0.1) is 0 Å². The molecule has 0 aliphatic carbocycles. The fraction of sp³-hybridized carbons (Fsp3) is 0.333. The lowest BCUT2D eigenvalue weighted by atomic mass is 10.3. The molecule has 78 valence electrons. The predicted octanol–water partition coefficient (Wildman–Crippen LogP) is 1.12. The molecule has 1 aromatic carbocycles. The van der Waals surface area contributed by atoms with Crippen molar-refractivity contribution in [2.24, 2.45) is 0 Å². The Morgan fingerprint density at radius 2 is 2.00 bits per heavy atom. The first-order valence-electron chi connectivity index (χ1n) is 4.17. The van der Waals surface area contributed by atoms with E-state index < -0.39 is 10.0 Å². The van der Waals surface area contributed by atoms with Crippen molar-refractivity contribution in [2.75, 3.05) is 30.0 Å². The third-order valence-electron chi connectivity index (χ3n) is 2.00. The van der Waals surface area contributed by atoms with Crippen LogP contribution in [-0.4, -0.2) is 28.8 Å². The van der Waals surface area contributed by atoms with E-state index in [4.69, 9.17) is 0 Å². The highest BCUT2D eigenvalue weighted by Crippen LogP contribution is 2.19. The highest BCUT2D eigenvalue weighted by atomic mass is 32.2. The van der Waals surface area contributed by atoms with Crippen molar-refractivity contribution in [2.45, 2.75) is 0 Å². The SMILES string of the molecule is CNc1cccc(N(C)S(C)(=O)=O)c1. The van der Waals surface area contributed by atoms with E-state index in [9.17, 15) is 8.42 Å². The molecule has 0 saturated carbocycles. The van der Waals surface area contributed by atoms with Crippen LogP contribution in [0.15, 0.2) is 24.3 Å². The summed E-state index contributed by atoms with van der Waals surface area (Å²) in [6.07, 6.45) is 1.18.